The van der Waals surface area contributed by atoms with Gasteiger partial charge in [-0.05, 0) is 40.8 Å². The molecule has 34 heavy (non-hydrogen) atoms. The number of hydrogen-bond acceptors (Lipinski definition) is 5. The SMILES string of the molecule is CCC(CC(=O)O)NC(=O)c1cccc(NC(=O)OCC2c3ccccc3-c3ccccc32)n1. The predicted molar refractivity (Wildman–Crippen MR) is 127 cm³/mol. The highest BCUT2D eigenvalue weighted by atomic mass is 16.5. The number of hydrogen-bond donors (Lipinski definition) is 3. The molecular formula is C26H25N3O5. The number of carbonyl (C=O) groups excluding carboxylic acids is 2. The number of carboxylic acid groups (broad SMARTS) is 1. The zero-order valence-corrected chi connectivity index (χ0v) is 18.7. The van der Waals surface area contributed by atoms with E-state index >= 15 is 0 Å². The third-order valence-electron chi connectivity index (χ3n) is 5.80. The summed E-state index contributed by atoms with van der Waals surface area (Å²) < 4.78 is 5.51. The summed E-state index contributed by atoms with van der Waals surface area (Å²) in [5.41, 5.74) is 4.57. The van der Waals surface area contributed by atoms with Crippen LogP contribution in [0.5, 0.6) is 0 Å². The van der Waals surface area contributed by atoms with Gasteiger partial charge in [0.25, 0.3) is 5.91 Å². The number of carbonyl (C=O) groups is 3. The minimum absolute atomic E-state index is 0.0663. The lowest BCUT2D eigenvalue weighted by atomic mass is 9.98. The van der Waals surface area contributed by atoms with Crippen LogP contribution in [0.25, 0.3) is 11.1 Å². The third kappa shape index (κ3) is 5.06. The Morgan fingerprint density at radius 3 is 2.24 bits per heavy atom. The third-order valence-corrected chi connectivity index (χ3v) is 5.80. The lowest BCUT2D eigenvalue weighted by Gasteiger charge is -2.15. The van der Waals surface area contributed by atoms with Gasteiger partial charge in [0.05, 0.1) is 6.42 Å². The highest BCUT2D eigenvalue weighted by Gasteiger charge is 2.29. The molecule has 8 heteroatoms. The van der Waals surface area contributed by atoms with E-state index in [4.69, 9.17) is 9.84 Å². The Balaban J connectivity index is 1.39. The molecule has 1 aliphatic rings. The largest absolute Gasteiger partial charge is 0.481 e. The first-order valence-corrected chi connectivity index (χ1v) is 11.1. The fraction of sp³-hybridized carbons (Fsp3) is 0.231. The standard InChI is InChI=1S/C26H25N3O5/c1-2-16(14-24(30)31)27-25(32)22-12-7-13-23(28-22)29-26(33)34-15-21-19-10-5-3-8-17(19)18-9-4-6-11-20(18)21/h3-13,16,21H,2,14-15H2,1H3,(H,27,32)(H,30,31)(H,28,29,33). The second-order valence-corrected chi connectivity index (χ2v) is 8.04. The van der Waals surface area contributed by atoms with Crippen molar-refractivity contribution in [3.05, 3.63) is 83.6 Å². The van der Waals surface area contributed by atoms with Crippen LogP contribution in [0.2, 0.25) is 0 Å². The fourth-order valence-electron chi connectivity index (χ4n) is 4.14. The molecule has 0 bridgehead atoms. The summed E-state index contributed by atoms with van der Waals surface area (Å²) in [6.45, 7) is 1.95. The van der Waals surface area contributed by atoms with Gasteiger partial charge in [0.2, 0.25) is 0 Å². The molecular weight excluding hydrogens is 434 g/mol. The maximum atomic E-state index is 12.5. The van der Waals surface area contributed by atoms with Gasteiger partial charge < -0.3 is 15.2 Å². The number of rotatable bonds is 8. The van der Waals surface area contributed by atoms with E-state index in [-0.39, 0.29) is 30.5 Å². The molecule has 174 valence electrons. The number of carboxylic acids is 1. The van der Waals surface area contributed by atoms with Crippen molar-refractivity contribution in [3.8, 4) is 11.1 Å². The number of pyridine rings is 1. The van der Waals surface area contributed by atoms with Crippen molar-refractivity contribution < 1.29 is 24.2 Å². The molecule has 3 N–H and O–H groups in total. The molecule has 8 nitrogen and oxygen atoms in total. The van der Waals surface area contributed by atoms with Gasteiger partial charge in [0.1, 0.15) is 18.1 Å². The van der Waals surface area contributed by atoms with E-state index < -0.39 is 24.0 Å². The average Bonchev–Trinajstić information content (AvgIpc) is 3.16. The molecule has 1 heterocycles. The van der Waals surface area contributed by atoms with E-state index in [9.17, 15) is 14.4 Å². The number of aliphatic carboxylic acids is 1. The second-order valence-electron chi connectivity index (χ2n) is 8.04. The zero-order valence-electron chi connectivity index (χ0n) is 18.7. The molecule has 0 fully saturated rings. The van der Waals surface area contributed by atoms with Crippen molar-refractivity contribution in [2.75, 3.05) is 11.9 Å². The highest BCUT2D eigenvalue weighted by molar-refractivity contribution is 5.93. The minimum Gasteiger partial charge on any atom is -0.481 e. The highest BCUT2D eigenvalue weighted by Crippen LogP contribution is 2.44. The number of ether oxygens (including phenoxy) is 1. The Kier molecular flexibility index (Phi) is 6.87. The number of benzene rings is 2. The number of aromatic nitrogens is 1. The Labute approximate surface area is 197 Å². The first-order valence-electron chi connectivity index (χ1n) is 11.1. The molecule has 1 aliphatic carbocycles. The van der Waals surface area contributed by atoms with Gasteiger partial charge in [0.15, 0.2) is 0 Å². The number of amides is 2. The molecule has 0 saturated heterocycles. The van der Waals surface area contributed by atoms with Crippen molar-refractivity contribution >= 4 is 23.8 Å². The van der Waals surface area contributed by atoms with Crippen LogP contribution in [-0.2, 0) is 9.53 Å². The van der Waals surface area contributed by atoms with E-state index in [1.807, 2.05) is 36.4 Å². The molecule has 2 aromatic carbocycles. The maximum absolute atomic E-state index is 12.5. The van der Waals surface area contributed by atoms with Crippen LogP contribution in [-0.4, -0.2) is 40.7 Å². The van der Waals surface area contributed by atoms with Crippen LogP contribution in [0.1, 0.15) is 47.3 Å². The molecule has 0 saturated carbocycles. The van der Waals surface area contributed by atoms with Crippen molar-refractivity contribution in [1.82, 2.24) is 10.3 Å². The van der Waals surface area contributed by atoms with Crippen molar-refractivity contribution in [3.63, 3.8) is 0 Å². The summed E-state index contributed by atoms with van der Waals surface area (Å²) in [7, 11) is 0. The Morgan fingerprint density at radius 2 is 1.62 bits per heavy atom. The topological polar surface area (TPSA) is 118 Å². The van der Waals surface area contributed by atoms with E-state index in [1.165, 1.54) is 6.07 Å². The summed E-state index contributed by atoms with van der Waals surface area (Å²) in [5, 5.41) is 14.2. The maximum Gasteiger partial charge on any atom is 0.412 e. The van der Waals surface area contributed by atoms with Gasteiger partial charge in [-0.15, -0.1) is 0 Å². The van der Waals surface area contributed by atoms with Crippen molar-refractivity contribution in [2.24, 2.45) is 0 Å². The minimum atomic E-state index is -0.995. The van der Waals surface area contributed by atoms with Gasteiger partial charge in [-0.25, -0.2) is 9.78 Å². The van der Waals surface area contributed by atoms with E-state index in [2.05, 4.69) is 27.8 Å². The van der Waals surface area contributed by atoms with Crippen LogP contribution in [0.3, 0.4) is 0 Å². The molecule has 3 aromatic rings. The van der Waals surface area contributed by atoms with Crippen molar-refractivity contribution in [2.45, 2.75) is 31.7 Å². The van der Waals surface area contributed by atoms with Crippen molar-refractivity contribution in [1.29, 1.82) is 0 Å². The van der Waals surface area contributed by atoms with E-state index in [0.717, 1.165) is 22.3 Å². The quantitative estimate of drug-likeness (QED) is 0.459. The smallest absolute Gasteiger partial charge is 0.412 e. The van der Waals surface area contributed by atoms with Crippen LogP contribution in [0.4, 0.5) is 10.6 Å². The first kappa shape index (κ1) is 23.0. The van der Waals surface area contributed by atoms with Crippen LogP contribution in [0.15, 0.2) is 66.7 Å². The lowest BCUT2D eigenvalue weighted by molar-refractivity contribution is -0.137. The number of nitrogens with zero attached hydrogens (tertiary/aromatic N) is 1. The van der Waals surface area contributed by atoms with Gasteiger partial charge in [0, 0.05) is 12.0 Å². The van der Waals surface area contributed by atoms with Gasteiger partial charge in [-0.3, -0.25) is 14.9 Å². The summed E-state index contributed by atoms with van der Waals surface area (Å²) in [6.07, 6.45) is -0.389. The van der Waals surface area contributed by atoms with Crippen LogP contribution < -0.4 is 10.6 Å². The molecule has 0 radical (unpaired) electrons. The molecule has 0 spiro atoms. The summed E-state index contributed by atoms with van der Waals surface area (Å²) in [6, 6.07) is 20.2. The Bertz CT molecular complexity index is 1180. The molecule has 1 aromatic heterocycles. The summed E-state index contributed by atoms with van der Waals surface area (Å²) in [5.74, 6) is -1.41. The monoisotopic (exact) mass is 459 g/mol. The fourth-order valence-corrected chi connectivity index (χ4v) is 4.14. The Morgan fingerprint density at radius 1 is 0.971 bits per heavy atom. The van der Waals surface area contributed by atoms with Gasteiger partial charge in [-0.2, -0.15) is 0 Å². The molecule has 1 unspecified atom stereocenters. The number of anilines is 1. The molecule has 1 atom stereocenters. The van der Waals surface area contributed by atoms with Crippen LogP contribution in [0, 0.1) is 0 Å². The van der Waals surface area contributed by atoms with Crippen LogP contribution >= 0.6 is 0 Å². The normalized spacial score (nSPS) is 12.9. The van der Waals surface area contributed by atoms with Gasteiger partial charge in [-0.1, -0.05) is 61.5 Å². The predicted octanol–water partition coefficient (Wildman–Crippen LogP) is 4.43. The van der Waals surface area contributed by atoms with Gasteiger partial charge >= 0.3 is 12.1 Å². The summed E-state index contributed by atoms with van der Waals surface area (Å²) in [4.78, 5) is 40.0. The zero-order chi connectivity index (χ0) is 24.1. The Hall–Kier alpha value is -4.20. The van der Waals surface area contributed by atoms with E-state index in [0.29, 0.717) is 6.42 Å². The first-order chi connectivity index (χ1) is 16.5. The number of nitrogens with one attached hydrogen (secondary N) is 2. The average molecular weight is 460 g/mol. The molecule has 2 amide bonds. The molecule has 0 aliphatic heterocycles. The molecule has 4 rings (SSSR count). The number of fused-ring (bicyclic) bond motifs is 3. The summed E-state index contributed by atoms with van der Waals surface area (Å²) >= 11 is 0. The lowest BCUT2D eigenvalue weighted by Crippen LogP contribution is -2.36. The van der Waals surface area contributed by atoms with E-state index in [1.54, 1.807) is 19.1 Å². The second kappa shape index (κ2) is 10.2.